The van der Waals surface area contributed by atoms with Crippen molar-refractivity contribution in [3.8, 4) is 0 Å². The largest absolute Gasteiger partial charge is 0.382 e. The molecular weight excluding hydrogens is 638 g/mol. The van der Waals surface area contributed by atoms with E-state index in [1.54, 1.807) is 54.3 Å². The minimum Gasteiger partial charge on any atom is -0.382 e. The molecule has 0 radical (unpaired) electrons. The highest BCUT2D eigenvalue weighted by molar-refractivity contribution is 6.30. The van der Waals surface area contributed by atoms with Crippen molar-refractivity contribution in [2.45, 2.75) is 46.4 Å². The molecule has 0 bridgehead atoms. The van der Waals surface area contributed by atoms with Crippen LogP contribution in [0.2, 0.25) is 0 Å². The molecule has 0 aliphatic carbocycles. The number of rotatable bonds is 9. The number of imidazole rings is 3. The number of nitrogens with two attached hydrogens (primary N) is 1. The zero-order valence-electron chi connectivity index (χ0n) is 28.5. The number of aromatic amines is 1. The van der Waals surface area contributed by atoms with E-state index in [-0.39, 0.29) is 24.0 Å². The molecule has 4 N–H and O–H groups in total. The maximum absolute atomic E-state index is 11.7. The molecular formula is C38H46ClN7O3. The van der Waals surface area contributed by atoms with Crippen molar-refractivity contribution in [2.24, 2.45) is 5.73 Å². The maximum atomic E-state index is 11.7. The highest BCUT2D eigenvalue weighted by Gasteiger charge is 2.27. The Bertz CT molecular complexity index is 1710. The molecule has 0 saturated carbocycles. The number of aromatic nitrogens is 6. The Balaban J connectivity index is 0.000000235. The van der Waals surface area contributed by atoms with E-state index < -0.39 is 5.60 Å². The Morgan fingerprint density at radius 2 is 1.41 bits per heavy atom. The summed E-state index contributed by atoms with van der Waals surface area (Å²) in [5.41, 5.74) is 8.94. The summed E-state index contributed by atoms with van der Waals surface area (Å²) in [7, 11) is 0. The van der Waals surface area contributed by atoms with Crippen molar-refractivity contribution in [1.82, 2.24) is 29.1 Å². The zero-order valence-corrected chi connectivity index (χ0v) is 29.2. The predicted molar refractivity (Wildman–Crippen MR) is 196 cm³/mol. The number of hydrogen-bond donors (Lipinski definition) is 3. The normalized spacial score (nSPS) is 11.0. The summed E-state index contributed by atoms with van der Waals surface area (Å²) in [5, 5.41) is 10.6. The molecule has 3 heterocycles. The van der Waals surface area contributed by atoms with Crippen LogP contribution in [0, 0.1) is 13.8 Å². The van der Waals surface area contributed by atoms with E-state index in [4.69, 9.17) is 17.3 Å². The van der Waals surface area contributed by atoms with E-state index in [0.717, 1.165) is 22.5 Å². The fraction of sp³-hybridized carbons (Fsp3) is 0.237. The van der Waals surface area contributed by atoms with E-state index in [0.29, 0.717) is 18.7 Å². The fourth-order valence-electron chi connectivity index (χ4n) is 4.17. The second-order valence-corrected chi connectivity index (χ2v) is 10.7. The van der Waals surface area contributed by atoms with E-state index >= 15 is 0 Å². The number of aryl methyl sites for hydroxylation is 2. The average Bonchev–Trinajstić information content (AvgIpc) is 3.95. The van der Waals surface area contributed by atoms with Gasteiger partial charge in [-0.1, -0.05) is 105 Å². The molecule has 0 aliphatic heterocycles. The summed E-state index contributed by atoms with van der Waals surface area (Å²) in [4.78, 5) is 37.2. The third-order valence-electron chi connectivity index (χ3n) is 6.69. The van der Waals surface area contributed by atoms with Crippen LogP contribution in [-0.2, 0) is 18.7 Å². The number of halogens is 1. The van der Waals surface area contributed by atoms with Gasteiger partial charge < -0.3 is 25.0 Å². The minimum atomic E-state index is -1.05. The van der Waals surface area contributed by atoms with Crippen molar-refractivity contribution in [2.75, 3.05) is 12.4 Å². The van der Waals surface area contributed by atoms with Gasteiger partial charge in [0, 0.05) is 48.2 Å². The van der Waals surface area contributed by atoms with Crippen LogP contribution in [0.3, 0.4) is 0 Å². The first kappa shape index (κ1) is 40.0. The lowest BCUT2D eigenvalue weighted by molar-refractivity contribution is 0.0275. The van der Waals surface area contributed by atoms with Gasteiger partial charge in [0.25, 0.3) is 0 Å². The molecule has 0 spiro atoms. The fourth-order valence-corrected chi connectivity index (χ4v) is 4.32. The van der Waals surface area contributed by atoms with Gasteiger partial charge in [-0.15, -0.1) is 11.6 Å². The third-order valence-corrected chi connectivity index (χ3v) is 6.93. The third kappa shape index (κ3) is 14.6. The Morgan fingerprint density at radius 3 is 1.82 bits per heavy atom. The van der Waals surface area contributed by atoms with E-state index in [1.165, 1.54) is 0 Å². The average molecular weight is 684 g/mol. The predicted octanol–water partition coefficient (Wildman–Crippen LogP) is 6.66. The molecule has 10 nitrogen and oxygen atoms in total. The molecule has 49 heavy (non-hydrogen) atoms. The van der Waals surface area contributed by atoms with Gasteiger partial charge in [0.15, 0.2) is 11.6 Å². The minimum absolute atomic E-state index is 0.0257. The summed E-state index contributed by atoms with van der Waals surface area (Å²) >= 11 is 5.34. The topological polar surface area (TPSA) is 145 Å². The number of Topliss-reactive ketones (excluding diaryl/α,β-unsaturated/α-hetero) is 2. The standard InChI is InChI=1S/C13H17N3O.C11H10N2O.C8H7ClO.C4H6N2.C2H6/c1-11-7-16(10-15-11)9-13(17,8-14)12-5-3-2-4-6-12;14-11(8-13-7-6-12-9-13)10-4-2-1-3-5-10;9-6-8(10)7-4-2-1-3-5-7;1-4-2-5-3-6-4;1-2/h2-7,10,17H,8-9,14H2,1H3;1-7,9H,8H2;1-5H,6H2;2-3H,1H3,(H,5,6);1-2H3. The van der Waals surface area contributed by atoms with Crippen LogP contribution in [0.25, 0.3) is 0 Å². The number of alkyl halides is 1. The van der Waals surface area contributed by atoms with Crippen molar-refractivity contribution >= 4 is 23.2 Å². The second kappa shape index (κ2) is 22.4. The summed E-state index contributed by atoms with van der Waals surface area (Å²) in [5.74, 6) is 0.134. The van der Waals surface area contributed by atoms with E-state index in [1.807, 2.05) is 117 Å². The quantitative estimate of drug-likeness (QED) is 0.114. The SMILES string of the molecule is CC.Cc1cn(CC(O)(CN)c2ccccc2)cn1.Cc1cnc[nH]1.O=C(CCl)c1ccccc1.O=C(Cn1ccnc1)c1ccccc1. The highest BCUT2D eigenvalue weighted by Crippen LogP contribution is 2.22. The van der Waals surface area contributed by atoms with Gasteiger partial charge in [0.05, 0.1) is 43.6 Å². The van der Waals surface area contributed by atoms with Gasteiger partial charge in [0.1, 0.15) is 5.60 Å². The maximum Gasteiger partial charge on any atom is 0.182 e. The summed E-state index contributed by atoms with van der Waals surface area (Å²) in [6.07, 6.45) is 12.1. The number of hydrogen-bond acceptors (Lipinski definition) is 7. The first-order valence-electron chi connectivity index (χ1n) is 15.8. The summed E-state index contributed by atoms with van der Waals surface area (Å²) in [6.45, 7) is 8.82. The number of benzene rings is 3. The number of ketones is 2. The molecule has 258 valence electrons. The summed E-state index contributed by atoms with van der Waals surface area (Å²) < 4.78 is 3.62. The Labute approximate surface area is 293 Å². The number of nitrogens with zero attached hydrogens (tertiary/aromatic N) is 5. The van der Waals surface area contributed by atoms with Crippen LogP contribution >= 0.6 is 11.6 Å². The van der Waals surface area contributed by atoms with Crippen LogP contribution in [0.15, 0.2) is 135 Å². The molecule has 0 fully saturated rings. The lowest BCUT2D eigenvalue weighted by Crippen LogP contribution is -2.38. The number of H-pyrrole nitrogens is 1. The molecule has 1 atom stereocenters. The second-order valence-electron chi connectivity index (χ2n) is 10.5. The highest BCUT2D eigenvalue weighted by atomic mass is 35.5. The van der Waals surface area contributed by atoms with Crippen LogP contribution in [0.1, 0.15) is 51.5 Å². The molecule has 3 aromatic carbocycles. The Kier molecular flexibility index (Phi) is 18.3. The number of carbonyl (C=O) groups excluding carboxylic acids is 2. The Morgan fingerprint density at radius 1 is 0.837 bits per heavy atom. The lowest BCUT2D eigenvalue weighted by atomic mass is 9.94. The molecule has 0 aliphatic rings. The molecule has 0 amide bonds. The monoisotopic (exact) mass is 683 g/mol. The lowest BCUT2D eigenvalue weighted by Gasteiger charge is -2.27. The first-order valence-corrected chi connectivity index (χ1v) is 16.4. The molecule has 6 rings (SSSR count). The van der Waals surface area contributed by atoms with Gasteiger partial charge in [-0.25, -0.2) is 15.0 Å². The molecule has 6 aromatic rings. The zero-order chi connectivity index (χ0) is 35.9. The molecule has 11 heteroatoms. The van der Waals surface area contributed by atoms with Crippen LogP contribution < -0.4 is 5.73 Å². The number of aliphatic hydroxyl groups is 1. The number of nitrogens with one attached hydrogen (secondary N) is 1. The van der Waals surface area contributed by atoms with E-state index in [9.17, 15) is 14.7 Å². The van der Waals surface area contributed by atoms with Crippen LogP contribution in [0.5, 0.6) is 0 Å². The number of carbonyl (C=O) groups is 2. The van der Waals surface area contributed by atoms with Gasteiger partial charge in [-0.2, -0.15) is 0 Å². The van der Waals surface area contributed by atoms with Gasteiger partial charge >= 0.3 is 0 Å². The van der Waals surface area contributed by atoms with Crippen molar-refractivity contribution < 1.29 is 14.7 Å². The van der Waals surface area contributed by atoms with Crippen molar-refractivity contribution in [3.05, 3.63) is 163 Å². The Hall–Kier alpha value is -5.16. The van der Waals surface area contributed by atoms with Crippen LogP contribution in [-0.4, -0.2) is 58.2 Å². The van der Waals surface area contributed by atoms with Gasteiger partial charge in [-0.3, -0.25) is 9.59 Å². The first-order chi connectivity index (χ1) is 23.7. The van der Waals surface area contributed by atoms with E-state index in [2.05, 4.69) is 19.9 Å². The van der Waals surface area contributed by atoms with Gasteiger partial charge in [-0.05, 0) is 19.4 Å². The van der Waals surface area contributed by atoms with Crippen molar-refractivity contribution in [1.29, 1.82) is 0 Å². The van der Waals surface area contributed by atoms with Crippen LogP contribution in [0.4, 0.5) is 0 Å². The van der Waals surface area contributed by atoms with Gasteiger partial charge in [0.2, 0.25) is 0 Å². The molecule has 0 saturated heterocycles. The van der Waals surface area contributed by atoms with Crippen molar-refractivity contribution in [3.63, 3.8) is 0 Å². The smallest absolute Gasteiger partial charge is 0.182 e. The molecule has 3 aromatic heterocycles. The molecule has 1 unspecified atom stereocenters. The summed E-state index contributed by atoms with van der Waals surface area (Å²) in [6, 6.07) is 27.8.